The lowest BCUT2D eigenvalue weighted by atomic mass is 10.1. The van der Waals surface area contributed by atoms with Gasteiger partial charge in [0.15, 0.2) is 5.96 Å². The fourth-order valence-electron chi connectivity index (χ4n) is 1.95. The topological polar surface area (TPSA) is 95.0 Å². The molecule has 1 rings (SSSR count). The first-order valence-electron chi connectivity index (χ1n) is 7.94. The van der Waals surface area contributed by atoms with Crippen molar-refractivity contribution in [1.29, 1.82) is 0 Å². The van der Waals surface area contributed by atoms with E-state index in [1.54, 1.807) is 25.3 Å². The summed E-state index contributed by atoms with van der Waals surface area (Å²) in [6, 6.07) is 4.98. The SMILES string of the molecule is CCNC(=NCc1cc(OC)ccc1O)NCC(=O)NC(C)(C)C.I. The van der Waals surface area contributed by atoms with Gasteiger partial charge in [0.05, 0.1) is 20.2 Å². The van der Waals surface area contributed by atoms with Crippen molar-refractivity contribution in [1.82, 2.24) is 16.0 Å². The van der Waals surface area contributed by atoms with Crippen molar-refractivity contribution in [2.75, 3.05) is 20.2 Å². The van der Waals surface area contributed by atoms with Gasteiger partial charge in [-0.05, 0) is 45.9 Å². The predicted octanol–water partition coefficient (Wildman–Crippen LogP) is 1.99. The van der Waals surface area contributed by atoms with Gasteiger partial charge in [-0.2, -0.15) is 0 Å². The standard InChI is InChI=1S/C17H28N4O3.HI/c1-6-18-16(20-11-15(23)21-17(2,3)4)19-10-12-9-13(24-5)7-8-14(12)22;/h7-9,22H,6,10-11H2,1-5H3,(H,21,23)(H2,18,19,20);1H. The first kappa shape index (κ1) is 23.3. The molecule has 0 aliphatic carbocycles. The number of hydrogen-bond acceptors (Lipinski definition) is 4. The molecule has 0 bridgehead atoms. The minimum absolute atomic E-state index is 0. The number of amides is 1. The molecule has 0 aromatic heterocycles. The summed E-state index contributed by atoms with van der Waals surface area (Å²) >= 11 is 0. The molecule has 8 heteroatoms. The van der Waals surface area contributed by atoms with Crippen molar-refractivity contribution in [2.24, 2.45) is 4.99 Å². The highest BCUT2D eigenvalue weighted by molar-refractivity contribution is 14.0. The molecule has 1 aromatic rings. The summed E-state index contributed by atoms with van der Waals surface area (Å²) in [5, 5.41) is 18.8. The van der Waals surface area contributed by atoms with E-state index in [1.807, 2.05) is 27.7 Å². The van der Waals surface area contributed by atoms with Crippen LogP contribution in [0.3, 0.4) is 0 Å². The van der Waals surface area contributed by atoms with Gasteiger partial charge in [-0.25, -0.2) is 4.99 Å². The number of aliphatic imine (C=N–C) groups is 1. The van der Waals surface area contributed by atoms with Gasteiger partial charge in [0.1, 0.15) is 11.5 Å². The highest BCUT2D eigenvalue weighted by Gasteiger charge is 2.13. The summed E-state index contributed by atoms with van der Waals surface area (Å²) in [5.41, 5.74) is 0.367. The van der Waals surface area contributed by atoms with Crippen molar-refractivity contribution in [3.8, 4) is 11.5 Å². The number of rotatable bonds is 6. The number of methoxy groups -OCH3 is 1. The van der Waals surface area contributed by atoms with Gasteiger partial charge in [-0.3, -0.25) is 4.79 Å². The van der Waals surface area contributed by atoms with Crippen LogP contribution in [-0.4, -0.2) is 42.7 Å². The number of aromatic hydroxyl groups is 1. The number of hydrogen-bond donors (Lipinski definition) is 4. The molecule has 0 radical (unpaired) electrons. The molecule has 0 heterocycles. The fourth-order valence-corrected chi connectivity index (χ4v) is 1.95. The van der Waals surface area contributed by atoms with E-state index in [-0.39, 0.29) is 54.3 Å². The average molecular weight is 464 g/mol. The van der Waals surface area contributed by atoms with E-state index in [9.17, 15) is 9.90 Å². The highest BCUT2D eigenvalue weighted by atomic mass is 127. The second-order valence-corrected chi connectivity index (χ2v) is 6.34. The summed E-state index contributed by atoms with van der Waals surface area (Å²) in [6.45, 7) is 8.76. The Kier molecular flexibility index (Phi) is 10.3. The van der Waals surface area contributed by atoms with Gasteiger partial charge in [-0.15, -0.1) is 24.0 Å². The van der Waals surface area contributed by atoms with Crippen molar-refractivity contribution >= 4 is 35.8 Å². The molecule has 7 nitrogen and oxygen atoms in total. The number of nitrogens with one attached hydrogen (secondary N) is 3. The van der Waals surface area contributed by atoms with Crippen molar-refractivity contribution in [3.63, 3.8) is 0 Å². The first-order valence-corrected chi connectivity index (χ1v) is 7.94. The van der Waals surface area contributed by atoms with Crippen LogP contribution in [0.5, 0.6) is 11.5 Å². The zero-order valence-electron chi connectivity index (χ0n) is 15.5. The van der Waals surface area contributed by atoms with E-state index < -0.39 is 0 Å². The molecule has 4 N–H and O–H groups in total. The van der Waals surface area contributed by atoms with Crippen molar-refractivity contribution in [3.05, 3.63) is 23.8 Å². The van der Waals surface area contributed by atoms with E-state index >= 15 is 0 Å². The lowest BCUT2D eigenvalue weighted by molar-refractivity contribution is -0.121. The molecule has 0 saturated heterocycles. The molecule has 0 aliphatic rings. The largest absolute Gasteiger partial charge is 0.508 e. The summed E-state index contributed by atoms with van der Waals surface area (Å²) < 4.78 is 5.15. The lowest BCUT2D eigenvalue weighted by Crippen LogP contribution is -2.48. The molecular weight excluding hydrogens is 435 g/mol. The van der Waals surface area contributed by atoms with Gasteiger partial charge in [0, 0.05) is 17.6 Å². The number of guanidine groups is 1. The van der Waals surface area contributed by atoms with Crippen molar-refractivity contribution < 1.29 is 14.6 Å². The molecule has 1 aromatic carbocycles. The van der Waals surface area contributed by atoms with Gasteiger partial charge in [-0.1, -0.05) is 0 Å². The Labute approximate surface area is 166 Å². The Morgan fingerprint density at radius 3 is 2.52 bits per heavy atom. The van der Waals surface area contributed by atoms with Crippen LogP contribution >= 0.6 is 24.0 Å². The minimum atomic E-state index is -0.277. The Morgan fingerprint density at radius 2 is 1.96 bits per heavy atom. The van der Waals surface area contributed by atoms with Crippen LogP contribution in [0.15, 0.2) is 23.2 Å². The molecule has 142 valence electrons. The van der Waals surface area contributed by atoms with E-state index in [2.05, 4.69) is 20.9 Å². The number of phenolic OH excluding ortho intramolecular Hbond substituents is 1. The van der Waals surface area contributed by atoms with E-state index in [4.69, 9.17) is 4.74 Å². The van der Waals surface area contributed by atoms with Crippen LogP contribution in [0.4, 0.5) is 0 Å². The number of nitrogens with zero attached hydrogens (tertiary/aromatic N) is 1. The smallest absolute Gasteiger partial charge is 0.239 e. The zero-order chi connectivity index (χ0) is 18.2. The van der Waals surface area contributed by atoms with Crippen LogP contribution in [0.2, 0.25) is 0 Å². The normalized spacial score (nSPS) is 11.3. The number of ether oxygens (including phenoxy) is 1. The third kappa shape index (κ3) is 9.37. The van der Waals surface area contributed by atoms with Gasteiger partial charge in [0.25, 0.3) is 0 Å². The fraction of sp³-hybridized carbons (Fsp3) is 0.529. The third-order valence-corrected chi connectivity index (χ3v) is 2.97. The van der Waals surface area contributed by atoms with Crippen molar-refractivity contribution in [2.45, 2.75) is 39.8 Å². The second-order valence-electron chi connectivity index (χ2n) is 6.34. The number of phenols is 1. The number of carbonyl (C=O) groups is 1. The second kappa shape index (κ2) is 11.0. The number of benzene rings is 1. The summed E-state index contributed by atoms with van der Waals surface area (Å²) in [4.78, 5) is 16.3. The molecule has 1 amide bonds. The highest BCUT2D eigenvalue weighted by Crippen LogP contribution is 2.23. The van der Waals surface area contributed by atoms with E-state index in [0.717, 1.165) is 0 Å². The Balaban J connectivity index is 0.00000576. The molecule has 0 spiro atoms. The Bertz CT molecular complexity index is 586. The minimum Gasteiger partial charge on any atom is -0.508 e. The molecule has 0 aliphatic heterocycles. The van der Waals surface area contributed by atoms with Gasteiger partial charge >= 0.3 is 0 Å². The summed E-state index contributed by atoms with van der Waals surface area (Å²) in [7, 11) is 1.57. The van der Waals surface area contributed by atoms with E-state index in [0.29, 0.717) is 23.8 Å². The summed E-state index contributed by atoms with van der Waals surface area (Å²) in [5.74, 6) is 1.20. The maximum Gasteiger partial charge on any atom is 0.239 e. The Morgan fingerprint density at radius 1 is 1.28 bits per heavy atom. The molecule has 0 fully saturated rings. The average Bonchev–Trinajstić information content (AvgIpc) is 2.49. The first-order chi connectivity index (χ1) is 11.2. The monoisotopic (exact) mass is 464 g/mol. The molecular formula is C17H29IN4O3. The van der Waals surface area contributed by atoms with Gasteiger partial charge < -0.3 is 25.8 Å². The Hall–Kier alpha value is -1.71. The van der Waals surface area contributed by atoms with Crippen LogP contribution in [0.25, 0.3) is 0 Å². The van der Waals surface area contributed by atoms with Crippen LogP contribution in [-0.2, 0) is 11.3 Å². The molecule has 0 saturated carbocycles. The number of halogens is 1. The summed E-state index contributed by atoms with van der Waals surface area (Å²) in [6.07, 6.45) is 0. The maximum atomic E-state index is 11.9. The van der Waals surface area contributed by atoms with Gasteiger partial charge in [0.2, 0.25) is 5.91 Å². The zero-order valence-corrected chi connectivity index (χ0v) is 17.8. The van der Waals surface area contributed by atoms with E-state index in [1.165, 1.54) is 0 Å². The number of carbonyl (C=O) groups excluding carboxylic acids is 1. The maximum absolute atomic E-state index is 11.9. The van der Waals surface area contributed by atoms with Crippen LogP contribution < -0.4 is 20.7 Å². The lowest BCUT2D eigenvalue weighted by Gasteiger charge is -2.21. The molecule has 0 atom stereocenters. The van der Waals surface area contributed by atoms with Crippen LogP contribution in [0.1, 0.15) is 33.3 Å². The molecule has 0 unspecified atom stereocenters. The van der Waals surface area contributed by atoms with Crippen LogP contribution in [0, 0.1) is 0 Å². The molecule has 25 heavy (non-hydrogen) atoms. The third-order valence-electron chi connectivity index (χ3n) is 2.97. The predicted molar refractivity (Wildman–Crippen MR) is 111 cm³/mol. The quantitative estimate of drug-likeness (QED) is 0.294.